The summed E-state index contributed by atoms with van der Waals surface area (Å²) < 4.78 is 6.83. The van der Waals surface area contributed by atoms with Gasteiger partial charge >= 0.3 is 0 Å². The van der Waals surface area contributed by atoms with E-state index in [-0.39, 0.29) is 0 Å². The zero-order valence-corrected chi connectivity index (χ0v) is 45.6. The Morgan fingerprint density at radius 1 is 0.188 bits per heavy atom. The van der Waals surface area contributed by atoms with E-state index in [1.165, 1.54) is 0 Å². The van der Waals surface area contributed by atoms with Crippen LogP contribution < -0.4 is 0 Å². The summed E-state index contributed by atoms with van der Waals surface area (Å²) in [6.07, 6.45) is 0. The summed E-state index contributed by atoms with van der Waals surface area (Å²) in [5.74, 6) is 5.02. The third-order valence-corrected chi connectivity index (χ3v) is 15.7. The number of hydrogen-bond donors (Lipinski definition) is 0. The first-order chi connectivity index (χ1) is 42.1. The highest BCUT2D eigenvalue weighted by Gasteiger charge is 2.23. The second kappa shape index (κ2) is 20.6. The van der Waals surface area contributed by atoms with Crippen LogP contribution in [0.25, 0.3) is 152 Å². The van der Waals surface area contributed by atoms with Crippen molar-refractivity contribution in [1.29, 1.82) is 0 Å². The van der Waals surface area contributed by atoms with Crippen LogP contribution in [0.3, 0.4) is 0 Å². The van der Waals surface area contributed by atoms with Crippen LogP contribution in [0.4, 0.5) is 0 Å². The molecule has 16 rings (SSSR count). The van der Waals surface area contributed by atoms with Gasteiger partial charge in [-0.1, -0.05) is 224 Å². The first-order valence-electron chi connectivity index (χ1n) is 28.2. The smallest absolute Gasteiger partial charge is 0.168 e. The zero-order chi connectivity index (χ0) is 56.2. The lowest BCUT2D eigenvalue weighted by molar-refractivity contribution is 1.07. The lowest BCUT2D eigenvalue weighted by atomic mass is 10.1. The van der Waals surface area contributed by atoms with Gasteiger partial charge in [0.1, 0.15) is 0 Å². The summed E-state index contributed by atoms with van der Waals surface area (Å²) in [4.78, 5) is 30.3. The van der Waals surface area contributed by atoms with Crippen molar-refractivity contribution in [2.75, 3.05) is 0 Å². The lowest BCUT2D eigenvalue weighted by Crippen LogP contribution is -2.02. The number of benzene rings is 11. The van der Waals surface area contributed by atoms with Gasteiger partial charge in [-0.25, -0.2) is 29.9 Å². The molecule has 85 heavy (non-hydrogen) atoms. The van der Waals surface area contributed by atoms with E-state index in [1.54, 1.807) is 0 Å². The number of para-hydroxylation sites is 3. The Balaban J connectivity index is 0.829. The van der Waals surface area contributed by atoms with Crippen molar-refractivity contribution in [3.63, 3.8) is 0 Å². The van der Waals surface area contributed by atoms with Gasteiger partial charge in [-0.05, 0) is 60.7 Å². The van der Waals surface area contributed by atoms with E-state index in [4.69, 9.17) is 40.1 Å². The van der Waals surface area contributed by atoms with Gasteiger partial charge in [-0.15, -0.1) is 10.2 Å². The third kappa shape index (κ3) is 8.78. The Kier molecular flexibility index (Phi) is 11.9. The Hall–Kier alpha value is -11.8. The molecular formula is C74H47N11. The first-order valence-corrected chi connectivity index (χ1v) is 28.2. The Labute approximate surface area is 488 Å². The molecule has 0 bridgehead atoms. The Bertz CT molecular complexity index is 4750. The lowest BCUT2D eigenvalue weighted by Gasteiger charge is -2.13. The van der Waals surface area contributed by atoms with Crippen LogP contribution in [0.5, 0.6) is 0 Å². The molecule has 0 amide bonds. The van der Waals surface area contributed by atoms with Gasteiger partial charge in [-0.2, -0.15) is 0 Å². The van der Waals surface area contributed by atoms with Crippen LogP contribution in [0.2, 0.25) is 0 Å². The third-order valence-electron chi connectivity index (χ3n) is 15.7. The molecule has 11 heteroatoms. The van der Waals surface area contributed by atoms with Gasteiger partial charge < -0.3 is 9.13 Å². The minimum atomic E-state index is 0.585. The van der Waals surface area contributed by atoms with Crippen molar-refractivity contribution in [3.8, 4) is 108 Å². The molecule has 0 unspecified atom stereocenters. The summed E-state index contributed by atoms with van der Waals surface area (Å²) in [6.45, 7) is 0. The van der Waals surface area contributed by atoms with E-state index < -0.39 is 0 Å². The van der Waals surface area contributed by atoms with Crippen LogP contribution in [-0.2, 0) is 0 Å². The number of hydrogen-bond acceptors (Lipinski definition) is 8. The van der Waals surface area contributed by atoms with Crippen molar-refractivity contribution in [3.05, 3.63) is 285 Å². The summed E-state index contributed by atoms with van der Waals surface area (Å²) in [5, 5.41) is 14.7. The van der Waals surface area contributed by atoms with Gasteiger partial charge in [0.2, 0.25) is 0 Å². The number of nitrogens with zero attached hydrogens (tertiary/aromatic N) is 11. The standard InChI is InChI=1S/C74H47N11/c1-6-22-48(23-7-1)67-75-68(49-24-8-2-9-25-49)78-71(77-67)52-30-20-34-57(44-52)83-63-38-18-16-36-59(63)61-42-40-54(46-65(61)83)73-81-82-74(85(73)56-32-14-5-15-33-56)55-41-43-62-60-37-17-19-39-64(60)84(66(62)47-55)58-35-21-31-53(45-58)72-79-69(50-26-10-3-11-27-50)76-70(80-72)51-28-12-4-13-29-51/h1-47H. The molecule has 398 valence electrons. The molecule has 0 N–H and O–H groups in total. The fourth-order valence-electron chi connectivity index (χ4n) is 11.7. The molecule has 0 fully saturated rings. The topological polar surface area (TPSA) is 118 Å². The second-order valence-electron chi connectivity index (χ2n) is 20.9. The number of fused-ring (bicyclic) bond motifs is 6. The van der Waals surface area contributed by atoms with Crippen LogP contribution in [0.1, 0.15) is 0 Å². The molecule has 0 saturated carbocycles. The van der Waals surface area contributed by atoms with Crippen LogP contribution in [0.15, 0.2) is 285 Å². The van der Waals surface area contributed by atoms with Crippen molar-refractivity contribution >= 4 is 43.6 Å². The maximum Gasteiger partial charge on any atom is 0.168 e. The van der Waals surface area contributed by atoms with E-state index in [9.17, 15) is 0 Å². The molecule has 0 spiro atoms. The minimum absolute atomic E-state index is 0.585. The molecule has 0 aliphatic carbocycles. The molecule has 0 atom stereocenters. The van der Waals surface area contributed by atoms with Gasteiger partial charge in [0, 0.05) is 83.1 Å². The predicted molar refractivity (Wildman–Crippen MR) is 340 cm³/mol. The van der Waals surface area contributed by atoms with Crippen LogP contribution in [0, 0.1) is 0 Å². The first kappa shape index (κ1) is 49.0. The molecule has 0 aliphatic heterocycles. The SMILES string of the molecule is c1ccc(-c2nc(-c3ccccc3)nc(-c3cccc(-n4c5ccccc5c5ccc(-c6nnc(-c7ccc8c9ccccc9n(-c9cccc(-c%10nc(-c%11ccccc%11)nc(-c%11ccccc%11)n%10)c9)c8c7)n6-c6ccccc6)cc54)c3)n2)cc1. The molecule has 16 aromatic rings. The summed E-state index contributed by atoms with van der Waals surface area (Å²) in [7, 11) is 0. The average Bonchev–Trinajstić information content (AvgIpc) is 4.39. The highest BCUT2D eigenvalue weighted by Crippen LogP contribution is 2.40. The predicted octanol–water partition coefficient (Wildman–Crippen LogP) is 17.2. The van der Waals surface area contributed by atoms with E-state index in [2.05, 4.69) is 171 Å². The Morgan fingerprint density at radius 3 is 0.859 bits per heavy atom. The van der Waals surface area contributed by atoms with E-state index >= 15 is 0 Å². The van der Waals surface area contributed by atoms with E-state index in [0.717, 1.165) is 105 Å². The molecule has 0 aliphatic rings. The molecule has 5 aromatic heterocycles. The quantitative estimate of drug-likeness (QED) is 0.126. The highest BCUT2D eigenvalue weighted by atomic mass is 15.3. The maximum absolute atomic E-state index is 5.09. The molecule has 5 heterocycles. The maximum atomic E-state index is 5.09. The van der Waals surface area contributed by atoms with Crippen molar-refractivity contribution in [2.24, 2.45) is 0 Å². The van der Waals surface area contributed by atoms with Gasteiger partial charge in [0.25, 0.3) is 0 Å². The van der Waals surface area contributed by atoms with Crippen molar-refractivity contribution < 1.29 is 0 Å². The van der Waals surface area contributed by atoms with Crippen molar-refractivity contribution in [1.82, 2.24) is 53.8 Å². The molecular weight excluding hydrogens is 1040 g/mol. The van der Waals surface area contributed by atoms with E-state index in [0.29, 0.717) is 46.6 Å². The van der Waals surface area contributed by atoms with E-state index in [1.807, 2.05) is 127 Å². The molecule has 0 radical (unpaired) electrons. The normalized spacial score (nSPS) is 11.5. The fraction of sp³-hybridized carbons (Fsp3) is 0. The number of rotatable bonds is 11. The van der Waals surface area contributed by atoms with Gasteiger partial charge in [0.15, 0.2) is 46.6 Å². The monoisotopic (exact) mass is 1090 g/mol. The largest absolute Gasteiger partial charge is 0.309 e. The molecule has 0 saturated heterocycles. The fourth-order valence-corrected chi connectivity index (χ4v) is 11.7. The Morgan fingerprint density at radius 2 is 0.482 bits per heavy atom. The molecule has 11 aromatic carbocycles. The number of aromatic nitrogens is 11. The van der Waals surface area contributed by atoms with Gasteiger partial charge in [0.05, 0.1) is 22.1 Å². The summed E-state index contributed by atoms with van der Waals surface area (Å²) in [6, 6.07) is 97.9. The van der Waals surface area contributed by atoms with Crippen LogP contribution >= 0.6 is 0 Å². The second-order valence-corrected chi connectivity index (χ2v) is 20.9. The summed E-state index contributed by atoms with van der Waals surface area (Å²) in [5.41, 5.74) is 14.2. The minimum Gasteiger partial charge on any atom is -0.309 e. The van der Waals surface area contributed by atoms with Crippen LogP contribution in [-0.4, -0.2) is 53.8 Å². The van der Waals surface area contributed by atoms with Crippen molar-refractivity contribution in [2.45, 2.75) is 0 Å². The van der Waals surface area contributed by atoms with Gasteiger partial charge in [-0.3, -0.25) is 4.57 Å². The zero-order valence-electron chi connectivity index (χ0n) is 45.6. The highest BCUT2D eigenvalue weighted by molar-refractivity contribution is 6.11. The average molecular weight is 1090 g/mol. The molecule has 11 nitrogen and oxygen atoms in total. The summed E-state index contributed by atoms with van der Waals surface area (Å²) >= 11 is 0.